The number of sulfonamides is 1. The lowest BCUT2D eigenvalue weighted by Gasteiger charge is -2.27. The van der Waals surface area contributed by atoms with Crippen molar-refractivity contribution in [3.8, 4) is 0 Å². The van der Waals surface area contributed by atoms with E-state index < -0.39 is 10.0 Å². The maximum absolute atomic E-state index is 12.5. The summed E-state index contributed by atoms with van der Waals surface area (Å²) < 4.78 is 31.9. The molecule has 0 aromatic heterocycles. The van der Waals surface area contributed by atoms with E-state index in [-0.39, 0.29) is 5.25 Å². The quantitative estimate of drug-likeness (QED) is 0.746. The Kier molecular flexibility index (Phi) is 3.15. The van der Waals surface area contributed by atoms with Crippen LogP contribution in [0.1, 0.15) is 19.3 Å². The fourth-order valence-corrected chi connectivity index (χ4v) is 5.18. The van der Waals surface area contributed by atoms with Crippen molar-refractivity contribution in [2.45, 2.75) is 30.6 Å². The summed E-state index contributed by atoms with van der Waals surface area (Å²) in [6, 6.07) is 0.393. The minimum absolute atomic E-state index is 0.213. The summed E-state index contributed by atoms with van der Waals surface area (Å²) in [4.78, 5) is 0. The molecule has 0 bridgehead atoms. The highest BCUT2D eigenvalue weighted by atomic mass is 32.2. The third kappa shape index (κ3) is 2.12. The molecule has 98 valence electrons. The van der Waals surface area contributed by atoms with Crippen molar-refractivity contribution < 1.29 is 13.2 Å². The molecule has 0 aromatic carbocycles. The van der Waals surface area contributed by atoms with Gasteiger partial charge in [-0.25, -0.2) is 8.42 Å². The van der Waals surface area contributed by atoms with Crippen LogP contribution in [0.15, 0.2) is 0 Å². The topological polar surface area (TPSA) is 58.6 Å². The van der Waals surface area contributed by atoms with Gasteiger partial charge in [0.05, 0.1) is 5.25 Å². The molecule has 0 aliphatic carbocycles. The van der Waals surface area contributed by atoms with Gasteiger partial charge in [0.25, 0.3) is 0 Å². The zero-order chi connectivity index (χ0) is 11.9. The van der Waals surface area contributed by atoms with E-state index in [9.17, 15) is 8.42 Å². The fourth-order valence-electron chi connectivity index (χ4n) is 3.20. The lowest BCUT2D eigenvalue weighted by molar-refractivity contribution is 0.0973. The highest BCUT2D eigenvalue weighted by molar-refractivity contribution is 7.89. The van der Waals surface area contributed by atoms with Crippen LogP contribution < -0.4 is 5.32 Å². The van der Waals surface area contributed by atoms with Crippen LogP contribution >= 0.6 is 0 Å². The predicted molar refractivity (Wildman–Crippen MR) is 64.2 cm³/mol. The summed E-state index contributed by atoms with van der Waals surface area (Å²) >= 11 is 0. The van der Waals surface area contributed by atoms with E-state index in [0.717, 1.165) is 19.5 Å². The standard InChI is InChI=1S/C11H20N2O3S/c14-17(15,10-2-5-16-6-3-10)13-7-9-1-4-12-11(9)8-13/h9-12H,1-8H2/t9-,11+/m0/s1. The molecule has 0 radical (unpaired) electrons. The number of rotatable bonds is 2. The third-order valence-corrected chi connectivity index (χ3v) is 6.61. The second-order valence-electron chi connectivity index (χ2n) is 5.28. The smallest absolute Gasteiger partial charge is 0.217 e. The molecular weight excluding hydrogens is 240 g/mol. The van der Waals surface area contributed by atoms with Gasteiger partial charge in [-0.05, 0) is 31.7 Å². The maximum Gasteiger partial charge on any atom is 0.217 e. The zero-order valence-electron chi connectivity index (χ0n) is 9.97. The molecule has 3 aliphatic rings. The normalized spacial score (nSPS) is 36.2. The first-order chi connectivity index (χ1) is 8.18. The summed E-state index contributed by atoms with van der Waals surface area (Å²) in [6.07, 6.45) is 2.42. The van der Waals surface area contributed by atoms with Crippen molar-refractivity contribution >= 4 is 10.0 Å². The number of hydrogen-bond donors (Lipinski definition) is 1. The molecule has 3 aliphatic heterocycles. The van der Waals surface area contributed by atoms with Crippen LogP contribution in [0, 0.1) is 5.92 Å². The van der Waals surface area contributed by atoms with Crippen molar-refractivity contribution in [1.82, 2.24) is 9.62 Å². The molecule has 3 saturated heterocycles. The van der Waals surface area contributed by atoms with E-state index in [0.29, 0.717) is 44.6 Å². The van der Waals surface area contributed by atoms with Gasteiger partial charge >= 0.3 is 0 Å². The molecule has 1 N–H and O–H groups in total. The van der Waals surface area contributed by atoms with E-state index in [1.54, 1.807) is 4.31 Å². The van der Waals surface area contributed by atoms with Gasteiger partial charge in [0, 0.05) is 32.3 Å². The average molecular weight is 260 g/mol. The Balaban J connectivity index is 1.70. The molecule has 0 amide bonds. The Morgan fingerprint density at radius 1 is 1.12 bits per heavy atom. The largest absolute Gasteiger partial charge is 0.381 e. The fraction of sp³-hybridized carbons (Fsp3) is 1.00. The van der Waals surface area contributed by atoms with E-state index in [1.807, 2.05) is 0 Å². The summed E-state index contributed by atoms with van der Waals surface area (Å²) in [5, 5.41) is 3.18. The number of hydrogen-bond acceptors (Lipinski definition) is 4. The van der Waals surface area contributed by atoms with Crippen molar-refractivity contribution in [1.29, 1.82) is 0 Å². The van der Waals surface area contributed by atoms with Gasteiger partial charge in [0.2, 0.25) is 10.0 Å². The van der Waals surface area contributed by atoms with Gasteiger partial charge in [-0.3, -0.25) is 0 Å². The van der Waals surface area contributed by atoms with Gasteiger partial charge < -0.3 is 10.1 Å². The number of nitrogens with one attached hydrogen (secondary N) is 1. The Labute approximate surface area is 103 Å². The van der Waals surface area contributed by atoms with Gasteiger partial charge in [0.15, 0.2) is 0 Å². The molecule has 0 spiro atoms. The van der Waals surface area contributed by atoms with Crippen molar-refractivity contribution in [2.24, 2.45) is 5.92 Å². The summed E-state index contributed by atoms with van der Waals surface area (Å²) in [6.45, 7) is 3.61. The van der Waals surface area contributed by atoms with Crippen molar-refractivity contribution in [2.75, 3.05) is 32.8 Å². The van der Waals surface area contributed by atoms with Crippen LogP contribution in [0.5, 0.6) is 0 Å². The molecule has 3 heterocycles. The van der Waals surface area contributed by atoms with Gasteiger partial charge in [-0.1, -0.05) is 0 Å². The molecule has 5 nitrogen and oxygen atoms in total. The number of ether oxygens (including phenoxy) is 1. The molecule has 0 saturated carbocycles. The van der Waals surface area contributed by atoms with Crippen LogP contribution in [-0.2, 0) is 14.8 Å². The van der Waals surface area contributed by atoms with Crippen molar-refractivity contribution in [3.63, 3.8) is 0 Å². The highest BCUT2D eigenvalue weighted by Crippen LogP contribution is 2.29. The van der Waals surface area contributed by atoms with Crippen LogP contribution in [0.2, 0.25) is 0 Å². The highest BCUT2D eigenvalue weighted by Gasteiger charge is 2.43. The summed E-state index contributed by atoms with van der Waals surface area (Å²) in [5.41, 5.74) is 0. The van der Waals surface area contributed by atoms with Crippen LogP contribution in [0.4, 0.5) is 0 Å². The lowest BCUT2D eigenvalue weighted by atomic mass is 10.1. The first-order valence-electron chi connectivity index (χ1n) is 6.48. The molecule has 3 fully saturated rings. The summed E-state index contributed by atoms with van der Waals surface area (Å²) in [5.74, 6) is 0.532. The second kappa shape index (κ2) is 4.50. The van der Waals surface area contributed by atoms with Crippen LogP contribution in [0.3, 0.4) is 0 Å². The van der Waals surface area contributed by atoms with Crippen molar-refractivity contribution in [3.05, 3.63) is 0 Å². The van der Waals surface area contributed by atoms with E-state index >= 15 is 0 Å². The molecule has 6 heteroatoms. The van der Waals surface area contributed by atoms with E-state index in [2.05, 4.69) is 5.32 Å². The SMILES string of the molecule is O=S(=O)(C1CCOCC1)N1C[C@@H]2CCN[C@@H]2C1. The molecule has 0 unspecified atom stereocenters. The predicted octanol–water partition coefficient (Wildman–Crippen LogP) is -0.211. The minimum atomic E-state index is -3.09. The average Bonchev–Trinajstić information content (AvgIpc) is 2.90. The first-order valence-corrected chi connectivity index (χ1v) is 7.98. The first kappa shape index (κ1) is 11.9. The van der Waals surface area contributed by atoms with E-state index in [1.165, 1.54) is 0 Å². The third-order valence-electron chi connectivity index (χ3n) is 4.28. The van der Waals surface area contributed by atoms with Gasteiger partial charge in [0.1, 0.15) is 0 Å². The Morgan fingerprint density at radius 3 is 2.59 bits per heavy atom. The Morgan fingerprint density at radius 2 is 1.88 bits per heavy atom. The van der Waals surface area contributed by atoms with Crippen LogP contribution in [0.25, 0.3) is 0 Å². The number of fused-ring (bicyclic) bond motifs is 1. The molecule has 17 heavy (non-hydrogen) atoms. The zero-order valence-corrected chi connectivity index (χ0v) is 10.8. The molecular formula is C11H20N2O3S. The van der Waals surface area contributed by atoms with E-state index in [4.69, 9.17) is 4.74 Å². The summed E-state index contributed by atoms with van der Waals surface area (Å²) in [7, 11) is -3.09. The van der Waals surface area contributed by atoms with Gasteiger partial charge in [-0.15, -0.1) is 0 Å². The molecule has 3 rings (SSSR count). The monoisotopic (exact) mass is 260 g/mol. The molecule has 0 aromatic rings. The number of nitrogens with zero attached hydrogens (tertiary/aromatic N) is 1. The van der Waals surface area contributed by atoms with Crippen LogP contribution in [-0.4, -0.2) is 56.9 Å². The Hall–Kier alpha value is -0.170. The lowest BCUT2D eigenvalue weighted by Crippen LogP contribution is -2.42. The molecule has 2 atom stereocenters. The van der Waals surface area contributed by atoms with Gasteiger partial charge in [-0.2, -0.15) is 4.31 Å². The minimum Gasteiger partial charge on any atom is -0.381 e. The second-order valence-corrected chi connectivity index (χ2v) is 7.50. The Bertz CT molecular complexity index is 366. The maximum atomic E-state index is 12.5.